The number of likely N-dealkylation sites (tertiary alicyclic amines) is 1. The average Bonchev–Trinajstić information content (AvgIpc) is 2.42. The van der Waals surface area contributed by atoms with Gasteiger partial charge in [0.15, 0.2) is 0 Å². The summed E-state index contributed by atoms with van der Waals surface area (Å²) in [6, 6.07) is -0.292. The quantitative estimate of drug-likeness (QED) is 0.557. The Morgan fingerprint density at radius 3 is 2.41 bits per heavy atom. The maximum absolute atomic E-state index is 12.2. The number of carbonyl (C=O) groups excluding carboxylic acids is 2. The van der Waals surface area contributed by atoms with Gasteiger partial charge in [0.2, 0.25) is 11.8 Å². The van der Waals surface area contributed by atoms with Gasteiger partial charge in [-0.25, -0.2) is 0 Å². The summed E-state index contributed by atoms with van der Waals surface area (Å²) in [4.78, 5) is 25.5. The lowest BCUT2D eigenvalue weighted by molar-refractivity contribution is -0.146. The molecular weight excluding hydrogens is 218 g/mol. The number of aliphatic hydroxyl groups is 1. The van der Waals surface area contributed by atoms with E-state index in [0.29, 0.717) is 6.42 Å². The molecule has 1 saturated heterocycles. The fourth-order valence-corrected chi connectivity index (χ4v) is 2.88. The van der Waals surface area contributed by atoms with Gasteiger partial charge in [0.05, 0.1) is 17.6 Å². The first kappa shape index (κ1) is 12.6. The van der Waals surface area contributed by atoms with Crippen LogP contribution < -0.4 is 0 Å². The molecule has 1 aliphatic carbocycles. The van der Waals surface area contributed by atoms with Crippen molar-refractivity contribution < 1.29 is 14.7 Å². The fourth-order valence-electron chi connectivity index (χ4n) is 2.88. The molecule has 4 nitrogen and oxygen atoms in total. The van der Waals surface area contributed by atoms with Crippen LogP contribution in [0, 0.1) is 5.41 Å². The minimum absolute atomic E-state index is 0.117. The lowest BCUT2D eigenvalue weighted by atomic mass is 9.92. The molecule has 1 heterocycles. The summed E-state index contributed by atoms with van der Waals surface area (Å²) in [7, 11) is 0. The van der Waals surface area contributed by atoms with Gasteiger partial charge in [0, 0.05) is 6.42 Å². The van der Waals surface area contributed by atoms with Crippen molar-refractivity contribution in [2.24, 2.45) is 5.41 Å². The second kappa shape index (κ2) is 4.41. The highest BCUT2D eigenvalue weighted by Gasteiger charge is 2.48. The molecule has 2 fully saturated rings. The molecule has 0 aromatic heterocycles. The first-order valence-electron chi connectivity index (χ1n) is 6.48. The molecule has 17 heavy (non-hydrogen) atoms. The average molecular weight is 239 g/mol. The standard InChI is InChI=1S/C13H21NO3/c1-13(2)8-11(16)14(12(13)17)9-6-4-3-5-7-10(9)15/h9-10,15H,3-8H2,1-2H3. The lowest BCUT2D eigenvalue weighted by Crippen LogP contribution is -2.47. The normalized spacial score (nSPS) is 33.9. The highest BCUT2D eigenvalue weighted by atomic mass is 16.3. The van der Waals surface area contributed by atoms with Gasteiger partial charge < -0.3 is 5.11 Å². The predicted octanol–water partition coefficient (Wildman–Crippen LogP) is 1.47. The first-order valence-corrected chi connectivity index (χ1v) is 6.48. The van der Waals surface area contributed by atoms with Crippen molar-refractivity contribution in [2.75, 3.05) is 0 Å². The van der Waals surface area contributed by atoms with Crippen molar-refractivity contribution in [3.63, 3.8) is 0 Å². The molecule has 2 amide bonds. The minimum atomic E-state index is -0.594. The van der Waals surface area contributed by atoms with Crippen LogP contribution in [-0.2, 0) is 9.59 Å². The highest BCUT2D eigenvalue weighted by molar-refractivity contribution is 6.05. The third-order valence-corrected chi connectivity index (χ3v) is 3.94. The van der Waals surface area contributed by atoms with E-state index in [1.54, 1.807) is 13.8 Å². The van der Waals surface area contributed by atoms with Crippen LogP contribution in [0.3, 0.4) is 0 Å². The summed E-state index contributed by atoms with van der Waals surface area (Å²) in [6.07, 6.45) is 4.22. The van der Waals surface area contributed by atoms with Crippen molar-refractivity contribution in [1.82, 2.24) is 4.90 Å². The molecular formula is C13H21NO3. The van der Waals surface area contributed by atoms with Gasteiger partial charge in [-0.1, -0.05) is 33.1 Å². The molecule has 2 atom stereocenters. The van der Waals surface area contributed by atoms with Gasteiger partial charge in [-0.2, -0.15) is 0 Å². The van der Waals surface area contributed by atoms with E-state index in [0.717, 1.165) is 25.7 Å². The number of nitrogens with zero attached hydrogens (tertiary/aromatic N) is 1. The molecule has 2 rings (SSSR count). The molecule has 1 aliphatic heterocycles. The number of carbonyl (C=O) groups is 2. The number of amides is 2. The number of hydrogen-bond acceptors (Lipinski definition) is 3. The van der Waals surface area contributed by atoms with Crippen LogP contribution in [0.15, 0.2) is 0 Å². The SMILES string of the molecule is CC1(C)CC(=O)N(C2CCCCCC2O)C1=O. The Balaban J connectivity index is 2.21. The van der Waals surface area contributed by atoms with Gasteiger partial charge in [-0.15, -0.1) is 0 Å². The Morgan fingerprint density at radius 1 is 1.18 bits per heavy atom. The first-order chi connectivity index (χ1) is 7.93. The fraction of sp³-hybridized carbons (Fsp3) is 0.846. The smallest absolute Gasteiger partial charge is 0.235 e. The lowest BCUT2D eigenvalue weighted by Gasteiger charge is -2.30. The Kier molecular flexibility index (Phi) is 3.25. The Bertz CT molecular complexity index is 338. The zero-order chi connectivity index (χ0) is 12.6. The molecule has 0 aromatic rings. The van der Waals surface area contributed by atoms with Crippen LogP contribution in [0.25, 0.3) is 0 Å². The van der Waals surface area contributed by atoms with Crippen LogP contribution in [0.1, 0.15) is 52.4 Å². The monoisotopic (exact) mass is 239 g/mol. The second-order valence-corrected chi connectivity index (χ2v) is 5.90. The molecule has 96 valence electrons. The van der Waals surface area contributed by atoms with E-state index in [-0.39, 0.29) is 24.3 Å². The summed E-state index contributed by atoms with van der Waals surface area (Å²) in [6.45, 7) is 3.60. The van der Waals surface area contributed by atoms with E-state index in [2.05, 4.69) is 0 Å². The second-order valence-electron chi connectivity index (χ2n) is 5.90. The van der Waals surface area contributed by atoms with Crippen molar-refractivity contribution in [3.05, 3.63) is 0 Å². The zero-order valence-corrected chi connectivity index (χ0v) is 10.6. The molecule has 0 spiro atoms. The van der Waals surface area contributed by atoms with Crippen molar-refractivity contribution in [3.8, 4) is 0 Å². The van der Waals surface area contributed by atoms with Gasteiger partial charge in [0.1, 0.15) is 0 Å². The largest absolute Gasteiger partial charge is 0.391 e. The Labute approximate surface area is 102 Å². The third-order valence-electron chi connectivity index (χ3n) is 3.94. The van der Waals surface area contributed by atoms with Gasteiger partial charge in [0.25, 0.3) is 0 Å². The molecule has 0 bridgehead atoms. The molecule has 0 radical (unpaired) electrons. The van der Waals surface area contributed by atoms with Crippen LogP contribution in [0.5, 0.6) is 0 Å². The topological polar surface area (TPSA) is 57.6 Å². The van der Waals surface area contributed by atoms with E-state index in [1.165, 1.54) is 4.90 Å². The number of aliphatic hydroxyl groups excluding tert-OH is 1. The number of rotatable bonds is 1. The number of imide groups is 1. The zero-order valence-electron chi connectivity index (χ0n) is 10.6. The van der Waals surface area contributed by atoms with E-state index >= 15 is 0 Å². The summed E-state index contributed by atoms with van der Waals surface area (Å²) < 4.78 is 0. The van der Waals surface area contributed by atoms with E-state index in [4.69, 9.17) is 0 Å². The van der Waals surface area contributed by atoms with Crippen LogP contribution in [0.2, 0.25) is 0 Å². The van der Waals surface area contributed by atoms with E-state index in [9.17, 15) is 14.7 Å². The molecule has 2 aliphatic rings. The van der Waals surface area contributed by atoms with Crippen LogP contribution in [0.4, 0.5) is 0 Å². The van der Waals surface area contributed by atoms with Crippen molar-refractivity contribution >= 4 is 11.8 Å². The maximum atomic E-state index is 12.2. The van der Waals surface area contributed by atoms with Gasteiger partial charge in [-0.05, 0) is 12.8 Å². The van der Waals surface area contributed by atoms with Gasteiger partial charge in [-0.3, -0.25) is 14.5 Å². The van der Waals surface area contributed by atoms with E-state index in [1.807, 2.05) is 0 Å². The Morgan fingerprint density at radius 2 is 1.82 bits per heavy atom. The predicted molar refractivity (Wildman–Crippen MR) is 63.1 cm³/mol. The minimum Gasteiger partial charge on any atom is -0.391 e. The van der Waals surface area contributed by atoms with Crippen LogP contribution >= 0.6 is 0 Å². The van der Waals surface area contributed by atoms with Gasteiger partial charge >= 0.3 is 0 Å². The van der Waals surface area contributed by atoms with E-state index < -0.39 is 11.5 Å². The summed E-state index contributed by atoms with van der Waals surface area (Å²) in [5.41, 5.74) is -0.594. The highest BCUT2D eigenvalue weighted by Crippen LogP contribution is 2.36. The third kappa shape index (κ3) is 2.23. The number of hydrogen-bond donors (Lipinski definition) is 1. The maximum Gasteiger partial charge on any atom is 0.235 e. The summed E-state index contributed by atoms with van der Waals surface area (Å²) in [5.74, 6) is -0.237. The molecule has 2 unspecified atom stereocenters. The van der Waals surface area contributed by atoms with Crippen molar-refractivity contribution in [1.29, 1.82) is 0 Å². The van der Waals surface area contributed by atoms with Crippen molar-refractivity contribution in [2.45, 2.75) is 64.5 Å². The summed E-state index contributed by atoms with van der Waals surface area (Å²) in [5, 5.41) is 10.1. The molecule has 0 aromatic carbocycles. The van der Waals surface area contributed by atoms with Crippen LogP contribution in [-0.4, -0.2) is 34.0 Å². The molecule has 1 N–H and O–H groups in total. The molecule has 4 heteroatoms. The summed E-state index contributed by atoms with van der Waals surface area (Å²) >= 11 is 0. The molecule has 1 saturated carbocycles. The Hall–Kier alpha value is -0.900.